The van der Waals surface area contributed by atoms with Crippen LogP contribution < -0.4 is 0 Å². The van der Waals surface area contributed by atoms with Crippen LogP contribution in [0.4, 0.5) is 13.2 Å². The summed E-state index contributed by atoms with van der Waals surface area (Å²) in [6.45, 7) is 2.02. The van der Waals surface area contributed by atoms with Crippen LogP contribution in [-0.2, 0) is 12.7 Å². The third kappa shape index (κ3) is 3.75. The molecule has 0 amide bonds. The fourth-order valence-corrected chi connectivity index (χ4v) is 2.51. The van der Waals surface area contributed by atoms with Gasteiger partial charge in [0.25, 0.3) is 0 Å². The molecule has 28 heavy (non-hydrogen) atoms. The molecule has 0 unspecified atom stereocenters. The monoisotopic (exact) mass is 386 g/mol. The van der Waals surface area contributed by atoms with Crippen LogP contribution in [0.1, 0.15) is 17.0 Å². The minimum absolute atomic E-state index is 0.0465. The standard InChI is InChI=1S/C18H13F3N6O/c1-11-5-7-12(8-6-11)17-24-22-15(28-17)10-27-25-16(23-26-27)13-3-2-4-14(9-13)18(19,20)21/h2-9H,10H2,1H3. The van der Waals surface area contributed by atoms with Gasteiger partial charge in [-0.25, -0.2) is 0 Å². The third-order valence-corrected chi connectivity index (χ3v) is 3.94. The summed E-state index contributed by atoms with van der Waals surface area (Å²) in [7, 11) is 0. The Morgan fingerprint density at radius 2 is 1.75 bits per heavy atom. The number of aromatic nitrogens is 6. The van der Waals surface area contributed by atoms with E-state index < -0.39 is 11.7 Å². The van der Waals surface area contributed by atoms with Gasteiger partial charge in [0.15, 0.2) is 0 Å². The number of hydrogen-bond acceptors (Lipinski definition) is 6. The number of hydrogen-bond donors (Lipinski definition) is 0. The fraction of sp³-hybridized carbons (Fsp3) is 0.167. The second kappa shape index (κ2) is 6.87. The molecule has 0 aliphatic carbocycles. The average molecular weight is 386 g/mol. The Kier molecular flexibility index (Phi) is 4.38. The molecule has 0 atom stereocenters. The van der Waals surface area contributed by atoms with Crippen molar-refractivity contribution in [1.29, 1.82) is 0 Å². The maximum atomic E-state index is 12.9. The first-order valence-corrected chi connectivity index (χ1v) is 8.23. The average Bonchev–Trinajstić information content (AvgIpc) is 3.32. The first-order chi connectivity index (χ1) is 13.4. The Hall–Kier alpha value is -3.56. The summed E-state index contributed by atoms with van der Waals surface area (Å²) < 4.78 is 44.1. The van der Waals surface area contributed by atoms with Crippen LogP contribution in [0, 0.1) is 6.92 Å². The molecule has 2 aromatic carbocycles. The lowest BCUT2D eigenvalue weighted by Crippen LogP contribution is -2.05. The maximum absolute atomic E-state index is 12.9. The molecule has 0 N–H and O–H groups in total. The van der Waals surface area contributed by atoms with Gasteiger partial charge in [0, 0.05) is 11.1 Å². The molecule has 0 fully saturated rings. The van der Waals surface area contributed by atoms with Crippen LogP contribution in [-0.4, -0.2) is 30.4 Å². The zero-order valence-corrected chi connectivity index (χ0v) is 14.6. The number of halogens is 3. The molecule has 0 saturated heterocycles. The van der Waals surface area contributed by atoms with E-state index in [0.29, 0.717) is 5.89 Å². The molecule has 4 aromatic rings. The molecular weight excluding hydrogens is 373 g/mol. The number of nitrogens with zero attached hydrogens (tertiary/aromatic N) is 6. The van der Waals surface area contributed by atoms with Gasteiger partial charge in [0.05, 0.1) is 5.56 Å². The minimum Gasteiger partial charge on any atom is -0.419 e. The van der Waals surface area contributed by atoms with Gasteiger partial charge in [-0.15, -0.1) is 20.4 Å². The van der Waals surface area contributed by atoms with E-state index in [1.807, 2.05) is 31.2 Å². The van der Waals surface area contributed by atoms with Crippen molar-refractivity contribution in [1.82, 2.24) is 30.4 Å². The van der Waals surface area contributed by atoms with Crippen LogP contribution in [0.25, 0.3) is 22.8 Å². The molecule has 0 radical (unpaired) electrons. The summed E-state index contributed by atoms with van der Waals surface area (Å²) in [6.07, 6.45) is -4.44. The lowest BCUT2D eigenvalue weighted by atomic mass is 10.1. The second-order valence-corrected chi connectivity index (χ2v) is 6.09. The van der Waals surface area contributed by atoms with Gasteiger partial charge in [-0.05, 0) is 36.4 Å². The summed E-state index contributed by atoms with van der Waals surface area (Å²) in [5.41, 5.74) is 1.32. The van der Waals surface area contributed by atoms with E-state index in [2.05, 4.69) is 25.6 Å². The topological polar surface area (TPSA) is 82.5 Å². The smallest absolute Gasteiger partial charge is 0.416 e. The minimum atomic E-state index is -4.44. The van der Waals surface area contributed by atoms with Gasteiger partial charge in [0.1, 0.15) is 6.54 Å². The van der Waals surface area contributed by atoms with E-state index in [9.17, 15) is 13.2 Å². The van der Waals surface area contributed by atoms with Crippen molar-refractivity contribution in [2.45, 2.75) is 19.6 Å². The summed E-state index contributed by atoms with van der Waals surface area (Å²) in [5, 5.41) is 19.7. The molecule has 2 heterocycles. The van der Waals surface area contributed by atoms with Crippen LogP contribution >= 0.6 is 0 Å². The number of alkyl halides is 3. The maximum Gasteiger partial charge on any atom is 0.416 e. The molecular formula is C18H13F3N6O. The van der Waals surface area contributed by atoms with E-state index in [4.69, 9.17) is 4.42 Å². The fourth-order valence-electron chi connectivity index (χ4n) is 2.51. The number of tetrazole rings is 1. The van der Waals surface area contributed by atoms with E-state index in [1.165, 1.54) is 16.9 Å². The van der Waals surface area contributed by atoms with Crippen molar-refractivity contribution in [2.24, 2.45) is 0 Å². The van der Waals surface area contributed by atoms with Crippen molar-refractivity contribution in [2.75, 3.05) is 0 Å². The molecule has 0 aliphatic rings. The Labute approximate surface area is 156 Å². The van der Waals surface area contributed by atoms with Gasteiger partial charge in [0.2, 0.25) is 17.6 Å². The lowest BCUT2D eigenvalue weighted by molar-refractivity contribution is -0.137. The highest BCUT2D eigenvalue weighted by molar-refractivity contribution is 5.55. The predicted molar refractivity (Wildman–Crippen MR) is 91.8 cm³/mol. The molecule has 0 saturated carbocycles. The van der Waals surface area contributed by atoms with Gasteiger partial charge < -0.3 is 4.42 Å². The zero-order chi connectivity index (χ0) is 19.7. The SMILES string of the molecule is Cc1ccc(-c2nnc(Cn3nnc(-c4cccc(C(F)(F)F)c4)n3)o2)cc1. The van der Waals surface area contributed by atoms with E-state index in [0.717, 1.165) is 23.3 Å². The zero-order valence-electron chi connectivity index (χ0n) is 14.6. The highest BCUT2D eigenvalue weighted by Crippen LogP contribution is 2.31. The first kappa shape index (κ1) is 17.8. The van der Waals surface area contributed by atoms with E-state index >= 15 is 0 Å². The van der Waals surface area contributed by atoms with Crippen LogP contribution in [0.2, 0.25) is 0 Å². The summed E-state index contributed by atoms with van der Waals surface area (Å²) in [6, 6.07) is 12.3. The summed E-state index contributed by atoms with van der Waals surface area (Å²) in [4.78, 5) is 1.18. The van der Waals surface area contributed by atoms with Gasteiger partial charge in [-0.2, -0.15) is 18.0 Å². The predicted octanol–water partition coefficient (Wildman–Crippen LogP) is 3.77. The molecule has 2 aromatic heterocycles. The van der Waals surface area contributed by atoms with Gasteiger partial charge >= 0.3 is 6.18 Å². The Bertz CT molecular complexity index is 1100. The molecule has 142 valence electrons. The Balaban J connectivity index is 1.52. The molecule has 4 rings (SSSR count). The van der Waals surface area contributed by atoms with Gasteiger partial charge in [-0.3, -0.25) is 0 Å². The van der Waals surface area contributed by atoms with Crippen molar-refractivity contribution in [3.05, 3.63) is 65.5 Å². The van der Waals surface area contributed by atoms with Crippen LogP contribution in [0.3, 0.4) is 0 Å². The third-order valence-electron chi connectivity index (χ3n) is 3.94. The van der Waals surface area contributed by atoms with Crippen molar-refractivity contribution < 1.29 is 17.6 Å². The van der Waals surface area contributed by atoms with Crippen LogP contribution in [0.15, 0.2) is 52.9 Å². The van der Waals surface area contributed by atoms with Crippen molar-refractivity contribution >= 4 is 0 Å². The molecule has 0 spiro atoms. The second-order valence-electron chi connectivity index (χ2n) is 6.09. The quantitative estimate of drug-likeness (QED) is 0.531. The van der Waals surface area contributed by atoms with E-state index in [1.54, 1.807) is 0 Å². The Morgan fingerprint density at radius 3 is 2.50 bits per heavy atom. The molecule has 10 heteroatoms. The first-order valence-electron chi connectivity index (χ1n) is 8.23. The molecule has 0 bridgehead atoms. The highest BCUT2D eigenvalue weighted by Gasteiger charge is 2.30. The largest absolute Gasteiger partial charge is 0.419 e. The molecule has 7 nitrogen and oxygen atoms in total. The number of benzene rings is 2. The Morgan fingerprint density at radius 1 is 0.964 bits per heavy atom. The van der Waals surface area contributed by atoms with Gasteiger partial charge in [-0.1, -0.05) is 29.8 Å². The summed E-state index contributed by atoms with van der Waals surface area (Å²) in [5.74, 6) is 0.682. The lowest BCUT2D eigenvalue weighted by Gasteiger charge is -2.06. The number of aryl methyl sites for hydroxylation is 1. The molecule has 0 aliphatic heterocycles. The number of rotatable bonds is 4. The van der Waals surface area contributed by atoms with Crippen molar-refractivity contribution in [3.63, 3.8) is 0 Å². The van der Waals surface area contributed by atoms with E-state index in [-0.39, 0.29) is 23.8 Å². The van der Waals surface area contributed by atoms with Crippen molar-refractivity contribution in [3.8, 4) is 22.8 Å². The normalized spacial score (nSPS) is 11.7. The van der Waals surface area contributed by atoms with Crippen LogP contribution in [0.5, 0.6) is 0 Å². The highest BCUT2D eigenvalue weighted by atomic mass is 19.4. The summed E-state index contributed by atoms with van der Waals surface area (Å²) >= 11 is 0.